The van der Waals surface area contributed by atoms with Gasteiger partial charge in [0.25, 0.3) is 0 Å². The minimum Gasteiger partial charge on any atom is -0.489 e. The smallest absolute Gasteiger partial charge is 0.347 e. The van der Waals surface area contributed by atoms with Crippen molar-refractivity contribution in [2.75, 3.05) is 6.61 Å². The average Bonchev–Trinajstić information content (AvgIpc) is 2.46. The van der Waals surface area contributed by atoms with Gasteiger partial charge in [0.1, 0.15) is 23.7 Å². The van der Waals surface area contributed by atoms with Crippen molar-refractivity contribution < 1.29 is 14.3 Å². The topological polar surface area (TPSA) is 35.5 Å². The maximum absolute atomic E-state index is 12.1. The molecule has 2 rings (SSSR count). The maximum Gasteiger partial charge on any atom is 0.347 e. The number of esters is 1. The van der Waals surface area contributed by atoms with Crippen LogP contribution >= 0.6 is 0 Å². The molecule has 0 saturated heterocycles. The molecule has 0 aliphatic heterocycles. The van der Waals surface area contributed by atoms with Gasteiger partial charge < -0.3 is 9.47 Å². The highest BCUT2D eigenvalue weighted by Crippen LogP contribution is 2.20. The molecular formula is C16H14O3. The minimum atomic E-state index is -0.439. The number of hydrogen-bond acceptors (Lipinski definition) is 3. The zero-order valence-electron chi connectivity index (χ0n) is 10.4. The third kappa shape index (κ3) is 3.45. The lowest BCUT2D eigenvalue weighted by atomic mass is 10.2. The Labute approximate surface area is 112 Å². The SMILES string of the molecule is C=CCOc1ccccc1C(=O)Oc1ccccc1. The quantitative estimate of drug-likeness (QED) is 0.465. The minimum absolute atomic E-state index is 0.343. The van der Waals surface area contributed by atoms with E-state index in [1.807, 2.05) is 18.2 Å². The molecular weight excluding hydrogens is 240 g/mol. The standard InChI is InChI=1S/C16H14O3/c1-2-12-18-15-11-7-6-10-14(15)16(17)19-13-8-4-3-5-9-13/h2-11H,1,12H2. The average molecular weight is 254 g/mol. The summed E-state index contributed by atoms with van der Waals surface area (Å²) < 4.78 is 10.7. The molecule has 2 aromatic carbocycles. The molecule has 19 heavy (non-hydrogen) atoms. The first-order valence-corrected chi connectivity index (χ1v) is 5.91. The van der Waals surface area contributed by atoms with Crippen molar-refractivity contribution >= 4 is 5.97 Å². The summed E-state index contributed by atoms with van der Waals surface area (Å²) in [4.78, 5) is 12.1. The fourth-order valence-corrected chi connectivity index (χ4v) is 1.56. The van der Waals surface area contributed by atoms with Gasteiger partial charge >= 0.3 is 5.97 Å². The van der Waals surface area contributed by atoms with Crippen LogP contribution in [0.25, 0.3) is 0 Å². The molecule has 0 unspecified atom stereocenters. The van der Waals surface area contributed by atoms with Gasteiger partial charge in [0.05, 0.1) is 0 Å². The second kappa shape index (κ2) is 6.40. The van der Waals surface area contributed by atoms with Crippen LogP contribution in [0.2, 0.25) is 0 Å². The molecule has 96 valence electrons. The Kier molecular flexibility index (Phi) is 4.34. The molecule has 0 aliphatic carbocycles. The van der Waals surface area contributed by atoms with Crippen molar-refractivity contribution in [2.45, 2.75) is 0 Å². The van der Waals surface area contributed by atoms with Gasteiger partial charge in [-0.25, -0.2) is 4.79 Å². The first-order chi connectivity index (χ1) is 9.31. The lowest BCUT2D eigenvalue weighted by Crippen LogP contribution is -2.10. The second-order valence-corrected chi connectivity index (χ2v) is 3.80. The van der Waals surface area contributed by atoms with E-state index in [1.165, 1.54) is 0 Å². The van der Waals surface area contributed by atoms with Crippen LogP contribution in [0.5, 0.6) is 11.5 Å². The molecule has 0 aliphatic rings. The van der Waals surface area contributed by atoms with Gasteiger partial charge in [-0.3, -0.25) is 0 Å². The maximum atomic E-state index is 12.1. The molecule has 0 radical (unpaired) electrons. The highest BCUT2D eigenvalue weighted by atomic mass is 16.5. The van der Waals surface area contributed by atoms with Gasteiger partial charge in [0.2, 0.25) is 0 Å². The van der Waals surface area contributed by atoms with E-state index < -0.39 is 5.97 Å². The summed E-state index contributed by atoms with van der Waals surface area (Å²) in [5.41, 5.74) is 0.396. The van der Waals surface area contributed by atoms with Gasteiger partial charge in [-0.1, -0.05) is 43.0 Å². The van der Waals surface area contributed by atoms with Crippen LogP contribution in [-0.2, 0) is 0 Å². The summed E-state index contributed by atoms with van der Waals surface area (Å²) in [5, 5.41) is 0. The van der Waals surface area contributed by atoms with Crippen molar-refractivity contribution in [2.24, 2.45) is 0 Å². The van der Waals surface area contributed by atoms with E-state index in [2.05, 4.69) is 6.58 Å². The first-order valence-electron chi connectivity index (χ1n) is 5.91. The van der Waals surface area contributed by atoms with Crippen molar-refractivity contribution in [1.82, 2.24) is 0 Å². The van der Waals surface area contributed by atoms with E-state index in [1.54, 1.807) is 42.5 Å². The van der Waals surface area contributed by atoms with E-state index in [0.29, 0.717) is 23.7 Å². The van der Waals surface area contributed by atoms with E-state index in [-0.39, 0.29) is 0 Å². The Balaban J connectivity index is 2.16. The van der Waals surface area contributed by atoms with Gasteiger partial charge in [0.15, 0.2) is 0 Å². The summed E-state index contributed by atoms with van der Waals surface area (Å²) in [7, 11) is 0. The van der Waals surface area contributed by atoms with E-state index in [4.69, 9.17) is 9.47 Å². The van der Waals surface area contributed by atoms with Crippen LogP contribution in [0.3, 0.4) is 0 Å². The van der Waals surface area contributed by atoms with Crippen LogP contribution in [0.1, 0.15) is 10.4 Å². The summed E-state index contributed by atoms with van der Waals surface area (Å²) in [5.74, 6) is 0.556. The van der Waals surface area contributed by atoms with Crippen LogP contribution in [0.15, 0.2) is 67.3 Å². The van der Waals surface area contributed by atoms with Crippen molar-refractivity contribution in [3.05, 3.63) is 72.8 Å². The fourth-order valence-electron chi connectivity index (χ4n) is 1.56. The Bertz CT molecular complexity index is 561. The number of ether oxygens (including phenoxy) is 2. The van der Waals surface area contributed by atoms with Gasteiger partial charge in [0, 0.05) is 0 Å². The Morgan fingerprint density at radius 2 is 1.74 bits per heavy atom. The Hall–Kier alpha value is -2.55. The third-order valence-corrected chi connectivity index (χ3v) is 2.42. The number of para-hydroxylation sites is 2. The van der Waals surface area contributed by atoms with Crippen molar-refractivity contribution in [3.63, 3.8) is 0 Å². The largest absolute Gasteiger partial charge is 0.489 e. The summed E-state index contributed by atoms with van der Waals surface area (Å²) in [6, 6.07) is 15.9. The highest BCUT2D eigenvalue weighted by Gasteiger charge is 2.13. The molecule has 0 saturated carbocycles. The van der Waals surface area contributed by atoms with Crippen molar-refractivity contribution in [1.29, 1.82) is 0 Å². The zero-order chi connectivity index (χ0) is 13.5. The number of carbonyl (C=O) groups is 1. The monoisotopic (exact) mass is 254 g/mol. The molecule has 3 heteroatoms. The molecule has 0 amide bonds. The number of rotatable bonds is 5. The Morgan fingerprint density at radius 1 is 1.05 bits per heavy atom. The van der Waals surface area contributed by atoms with Crippen LogP contribution in [-0.4, -0.2) is 12.6 Å². The number of carbonyl (C=O) groups excluding carboxylic acids is 1. The molecule has 0 N–H and O–H groups in total. The van der Waals surface area contributed by atoms with E-state index in [9.17, 15) is 4.79 Å². The highest BCUT2D eigenvalue weighted by molar-refractivity contribution is 5.93. The molecule has 0 atom stereocenters. The lowest BCUT2D eigenvalue weighted by Gasteiger charge is -2.09. The molecule has 0 spiro atoms. The lowest BCUT2D eigenvalue weighted by molar-refractivity contribution is 0.0731. The van der Waals surface area contributed by atoms with E-state index >= 15 is 0 Å². The van der Waals surface area contributed by atoms with Crippen LogP contribution in [0, 0.1) is 0 Å². The van der Waals surface area contributed by atoms with E-state index in [0.717, 1.165) is 0 Å². The summed E-state index contributed by atoms with van der Waals surface area (Å²) in [6.45, 7) is 3.92. The molecule has 0 bridgehead atoms. The summed E-state index contributed by atoms with van der Waals surface area (Å²) >= 11 is 0. The fraction of sp³-hybridized carbons (Fsp3) is 0.0625. The zero-order valence-corrected chi connectivity index (χ0v) is 10.4. The van der Waals surface area contributed by atoms with Crippen molar-refractivity contribution in [3.8, 4) is 11.5 Å². The van der Waals surface area contributed by atoms with Crippen LogP contribution < -0.4 is 9.47 Å². The Morgan fingerprint density at radius 3 is 2.47 bits per heavy atom. The third-order valence-electron chi connectivity index (χ3n) is 2.42. The molecule has 2 aromatic rings. The second-order valence-electron chi connectivity index (χ2n) is 3.80. The molecule has 0 aromatic heterocycles. The molecule has 3 nitrogen and oxygen atoms in total. The number of hydrogen-bond donors (Lipinski definition) is 0. The first kappa shape index (κ1) is 12.9. The predicted octanol–water partition coefficient (Wildman–Crippen LogP) is 3.47. The van der Waals surface area contributed by atoms with Crippen LogP contribution in [0.4, 0.5) is 0 Å². The molecule has 0 heterocycles. The molecule has 0 fully saturated rings. The number of benzene rings is 2. The van der Waals surface area contributed by atoms with Gasteiger partial charge in [-0.15, -0.1) is 0 Å². The van der Waals surface area contributed by atoms with Gasteiger partial charge in [-0.2, -0.15) is 0 Å². The normalized spacial score (nSPS) is 9.68. The summed E-state index contributed by atoms with van der Waals surface area (Å²) in [6.07, 6.45) is 1.62. The van der Waals surface area contributed by atoms with Gasteiger partial charge in [-0.05, 0) is 24.3 Å². The predicted molar refractivity (Wildman–Crippen MR) is 73.5 cm³/mol.